The fraction of sp³-hybridized carbons (Fsp3) is 0. The van der Waals surface area contributed by atoms with Gasteiger partial charge in [0.1, 0.15) is 0 Å². The third-order valence-electron chi connectivity index (χ3n) is 18.5. The van der Waals surface area contributed by atoms with Crippen LogP contribution in [0.4, 0.5) is 0 Å². The minimum atomic E-state index is -1.42. The van der Waals surface area contributed by atoms with Crippen molar-refractivity contribution in [3.63, 3.8) is 0 Å². The van der Waals surface area contributed by atoms with Gasteiger partial charge in [-0.2, -0.15) is 0 Å². The second-order valence-corrected chi connectivity index (χ2v) is 25.9. The van der Waals surface area contributed by atoms with Crippen molar-refractivity contribution >= 4 is 98.3 Å². The molecule has 0 aliphatic rings. The lowest BCUT2D eigenvalue weighted by molar-refractivity contribution is 0.426. The maximum atomic E-state index is 9.11. The van der Waals surface area contributed by atoms with Gasteiger partial charge >= 0.3 is 7.12 Å². The SMILES string of the molecule is Brc1ccc2c(-c3ccccc3)c(Br)ccc2c1-c1ccccc1.OB(O)c1ccc(-c2cccc3ccccc23)cc1.c1ccc(-c2c(-c3ccc(-c4cccc5ccccc45)cc3)ccc3c(-c4ccccc4)c(-c4ccc(-c5cccc6ccccc56)cc4)ccc23)cc1. The number of hydrogen-bond donors (Lipinski definition) is 2. The van der Waals surface area contributed by atoms with Crippen molar-refractivity contribution in [1.82, 2.24) is 0 Å². The van der Waals surface area contributed by atoms with Gasteiger partial charge in [-0.3, -0.25) is 0 Å². The van der Waals surface area contributed by atoms with E-state index in [1.54, 1.807) is 12.1 Å². The van der Waals surface area contributed by atoms with Crippen molar-refractivity contribution in [3.8, 4) is 100 Å². The molecule has 0 saturated heterocycles. The monoisotopic (exact) mass is 1370 g/mol. The van der Waals surface area contributed by atoms with Gasteiger partial charge in [0.15, 0.2) is 0 Å². The highest BCUT2D eigenvalue weighted by Gasteiger charge is 2.20. The van der Waals surface area contributed by atoms with Gasteiger partial charge in [0.2, 0.25) is 0 Å². The average molecular weight is 1370 g/mol. The number of hydrogen-bond acceptors (Lipinski definition) is 2. The lowest BCUT2D eigenvalue weighted by Gasteiger charge is -2.20. The van der Waals surface area contributed by atoms with E-state index in [4.69, 9.17) is 10.0 Å². The van der Waals surface area contributed by atoms with Crippen LogP contribution in [0.25, 0.3) is 154 Å². The lowest BCUT2D eigenvalue weighted by atomic mass is 9.79. The van der Waals surface area contributed by atoms with Gasteiger partial charge in [-0.25, -0.2) is 0 Å². The van der Waals surface area contributed by atoms with Crippen LogP contribution in [0.3, 0.4) is 0 Å². The number of benzene rings is 17. The fourth-order valence-corrected chi connectivity index (χ4v) is 14.9. The Balaban J connectivity index is 0.000000146. The summed E-state index contributed by atoms with van der Waals surface area (Å²) < 4.78 is 2.23. The van der Waals surface area contributed by atoms with Gasteiger partial charge in [-0.1, -0.05) is 390 Å². The van der Waals surface area contributed by atoms with Gasteiger partial charge in [0.25, 0.3) is 0 Å². The first kappa shape index (κ1) is 62.1. The maximum absolute atomic E-state index is 9.11. The van der Waals surface area contributed by atoms with Gasteiger partial charge in [0.05, 0.1) is 0 Å². The average Bonchev–Trinajstić information content (AvgIpc) is 0.755. The van der Waals surface area contributed by atoms with Crippen LogP contribution in [0.2, 0.25) is 0 Å². The molecule has 0 fully saturated rings. The van der Waals surface area contributed by atoms with Gasteiger partial charge < -0.3 is 10.0 Å². The van der Waals surface area contributed by atoms with Crippen LogP contribution in [0.15, 0.2) is 379 Å². The summed E-state index contributed by atoms with van der Waals surface area (Å²) in [5.74, 6) is 0. The standard InChI is InChI=1S/C54H36.C22H14Br2.C16H13BO2/c1-3-15-43(16-4-1)53-49(41-29-25-39(26-30-41)47-23-11-19-37-13-7-9-21-45(37)47)33-36-52-51(53)35-34-50(54(52)44-17-5-2-6-18-44)42-31-27-40(28-32-42)48-24-12-20-38-14-8-10-22-46(38)48;23-19-13-12-18-17(21(19)15-7-3-1-4-8-15)11-14-20(24)22(18)16-9-5-2-6-10-16;18-17(19)14-10-8-13(9-11-14)16-7-3-5-12-4-1-2-6-15(12)16/h1-36H;1-14H;1-11,18-19H. The molecule has 17 rings (SSSR count). The third-order valence-corrected chi connectivity index (χ3v) is 19.8. The molecule has 0 atom stereocenters. The summed E-state index contributed by atoms with van der Waals surface area (Å²) in [5, 5.41) is 30.7. The highest BCUT2D eigenvalue weighted by Crippen LogP contribution is 2.47. The minimum absolute atomic E-state index is 0.504. The van der Waals surface area contributed by atoms with E-state index in [2.05, 4.69) is 359 Å². The van der Waals surface area contributed by atoms with E-state index >= 15 is 0 Å². The minimum Gasteiger partial charge on any atom is -0.423 e. The first-order chi connectivity index (χ1) is 47.8. The summed E-state index contributed by atoms with van der Waals surface area (Å²) in [6.45, 7) is 0. The van der Waals surface area contributed by atoms with Crippen molar-refractivity contribution < 1.29 is 10.0 Å². The summed E-state index contributed by atoms with van der Waals surface area (Å²) in [6, 6.07) is 131. The van der Waals surface area contributed by atoms with Crippen LogP contribution in [0, 0.1) is 0 Å². The van der Waals surface area contributed by atoms with Gasteiger partial charge in [0, 0.05) is 20.1 Å². The van der Waals surface area contributed by atoms with E-state index in [-0.39, 0.29) is 0 Å². The van der Waals surface area contributed by atoms with Crippen LogP contribution in [0.5, 0.6) is 0 Å². The smallest absolute Gasteiger partial charge is 0.423 e. The molecule has 0 bridgehead atoms. The molecule has 0 heterocycles. The predicted molar refractivity (Wildman–Crippen MR) is 421 cm³/mol. The second-order valence-electron chi connectivity index (χ2n) is 24.2. The molecule has 17 aromatic rings. The molecule has 2 N–H and O–H groups in total. The Morgan fingerprint density at radius 2 is 0.423 bits per heavy atom. The molecule has 5 heteroatoms. The van der Waals surface area contributed by atoms with Crippen LogP contribution < -0.4 is 5.46 Å². The Kier molecular flexibility index (Phi) is 18.0. The molecule has 0 saturated carbocycles. The van der Waals surface area contributed by atoms with Crippen molar-refractivity contribution in [2.75, 3.05) is 0 Å². The molecule has 0 aliphatic carbocycles. The summed E-state index contributed by atoms with van der Waals surface area (Å²) in [6.07, 6.45) is 0. The van der Waals surface area contributed by atoms with Crippen molar-refractivity contribution in [3.05, 3.63) is 379 Å². The molecule has 2 nitrogen and oxygen atoms in total. The molecule has 0 aliphatic heterocycles. The molecule has 0 unspecified atom stereocenters. The highest BCUT2D eigenvalue weighted by atomic mass is 79.9. The van der Waals surface area contributed by atoms with E-state index < -0.39 is 7.12 Å². The van der Waals surface area contributed by atoms with Crippen molar-refractivity contribution in [2.24, 2.45) is 0 Å². The molecular weight excluding hydrogens is 1310 g/mol. The summed E-state index contributed by atoms with van der Waals surface area (Å²) in [4.78, 5) is 0. The van der Waals surface area contributed by atoms with E-state index in [0.717, 1.165) is 20.1 Å². The number of fused-ring (bicyclic) bond motifs is 5. The molecule has 17 aromatic carbocycles. The van der Waals surface area contributed by atoms with Crippen LogP contribution in [-0.2, 0) is 0 Å². The molecule has 460 valence electrons. The molecular formula is C92H63BBr2O2. The van der Waals surface area contributed by atoms with Crippen molar-refractivity contribution in [1.29, 1.82) is 0 Å². The Morgan fingerprint density at radius 3 is 0.742 bits per heavy atom. The lowest BCUT2D eigenvalue weighted by Crippen LogP contribution is -2.29. The largest absolute Gasteiger partial charge is 0.488 e. The molecule has 0 amide bonds. The second kappa shape index (κ2) is 28.1. The summed E-state index contributed by atoms with van der Waals surface area (Å²) in [5.41, 5.74) is 22.4. The molecule has 0 aromatic heterocycles. The zero-order valence-electron chi connectivity index (χ0n) is 52.9. The Morgan fingerprint density at radius 1 is 0.175 bits per heavy atom. The summed E-state index contributed by atoms with van der Waals surface area (Å²) in [7, 11) is -1.42. The first-order valence-electron chi connectivity index (χ1n) is 32.6. The van der Waals surface area contributed by atoms with Crippen LogP contribution in [-0.4, -0.2) is 17.2 Å². The van der Waals surface area contributed by atoms with E-state index in [1.807, 2.05) is 30.3 Å². The first-order valence-corrected chi connectivity index (χ1v) is 34.2. The topological polar surface area (TPSA) is 40.5 Å². The highest BCUT2D eigenvalue weighted by molar-refractivity contribution is 9.11. The van der Waals surface area contributed by atoms with Gasteiger partial charge in [-0.05, 0) is 160 Å². The Bertz CT molecular complexity index is 5340. The Labute approximate surface area is 583 Å². The van der Waals surface area contributed by atoms with Gasteiger partial charge in [-0.15, -0.1) is 0 Å². The predicted octanol–water partition coefficient (Wildman–Crippen LogP) is 25.0. The normalized spacial score (nSPS) is 11.1. The van der Waals surface area contributed by atoms with Crippen molar-refractivity contribution in [2.45, 2.75) is 0 Å². The zero-order valence-corrected chi connectivity index (χ0v) is 56.1. The third kappa shape index (κ3) is 12.8. The molecule has 97 heavy (non-hydrogen) atoms. The zero-order chi connectivity index (χ0) is 65.6. The Hall–Kier alpha value is -11.0. The van der Waals surface area contributed by atoms with E-state index in [9.17, 15) is 0 Å². The van der Waals surface area contributed by atoms with E-state index in [1.165, 1.54) is 143 Å². The quantitative estimate of drug-likeness (QED) is 0.134. The van der Waals surface area contributed by atoms with Crippen LogP contribution in [0.1, 0.15) is 0 Å². The number of rotatable bonds is 10. The number of halogens is 2. The summed E-state index contributed by atoms with van der Waals surface area (Å²) >= 11 is 7.48. The van der Waals surface area contributed by atoms with E-state index in [0.29, 0.717) is 5.46 Å². The molecule has 0 spiro atoms. The molecule has 0 radical (unpaired) electrons. The van der Waals surface area contributed by atoms with Crippen LogP contribution >= 0.6 is 31.9 Å². The fourth-order valence-electron chi connectivity index (χ4n) is 13.8. The maximum Gasteiger partial charge on any atom is 0.488 e.